The van der Waals surface area contributed by atoms with Gasteiger partial charge < -0.3 is 8.85 Å². The molecule has 0 aliphatic rings. The van der Waals surface area contributed by atoms with Gasteiger partial charge in [-0.05, 0) is 30.0 Å². The molecule has 5 heteroatoms. The predicted molar refractivity (Wildman–Crippen MR) is 70.9 cm³/mol. The van der Waals surface area contributed by atoms with Crippen LogP contribution in [0.3, 0.4) is 0 Å². The van der Waals surface area contributed by atoms with Crippen LogP contribution >= 0.6 is 0 Å². The van der Waals surface area contributed by atoms with Crippen molar-refractivity contribution in [3.63, 3.8) is 0 Å². The predicted octanol–water partition coefficient (Wildman–Crippen LogP) is 1.53. The summed E-state index contributed by atoms with van der Waals surface area (Å²) in [5, 5.41) is 0. The molecule has 0 spiro atoms. The molecule has 1 aromatic rings. The van der Waals surface area contributed by atoms with Gasteiger partial charge in [0.25, 0.3) is 5.97 Å². The van der Waals surface area contributed by atoms with Crippen molar-refractivity contribution in [1.29, 1.82) is 0 Å². The van der Waals surface area contributed by atoms with Crippen LogP contribution in [0.25, 0.3) is 0 Å². The average molecular weight is 266 g/mol. The van der Waals surface area contributed by atoms with E-state index in [2.05, 4.69) is 6.92 Å². The first-order chi connectivity index (χ1) is 8.60. The molecule has 1 aromatic carbocycles. The van der Waals surface area contributed by atoms with Crippen LogP contribution in [0.4, 0.5) is 0 Å². The number of rotatable bonds is 5. The zero-order chi connectivity index (χ0) is 13.5. The summed E-state index contributed by atoms with van der Waals surface area (Å²) >= 11 is 0. The molecule has 0 saturated carbocycles. The Labute approximate surface area is 109 Å². The largest absolute Gasteiger partial charge is 0.490 e. The lowest BCUT2D eigenvalue weighted by atomic mass is 9.97. The zero-order valence-electron chi connectivity index (χ0n) is 11.0. The Morgan fingerprint density at radius 2 is 1.89 bits per heavy atom. The molecule has 0 saturated heterocycles. The topological polar surface area (TPSA) is 52.6 Å². The van der Waals surface area contributed by atoms with E-state index in [-0.39, 0.29) is 0 Å². The van der Waals surface area contributed by atoms with E-state index < -0.39 is 21.9 Å². The van der Waals surface area contributed by atoms with Crippen LogP contribution in [0, 0.1) is 0 Å². The van der Waals surface area contributed by atoms with Crippen LogP contribution in [0.2, 0.25) is 0 Å². The van der Waals surface area contributed by atoms with Gasteiger partial charge >= 0.3 is 16.0 Å². The van der Waals surface area contributed by atoms with Gasteiger partial charge in [-0.25, -0.2) is 4.79 Å². The monoisotopic (exact) mass is 266 g/mol. The summed E-state index contributed by atoms with van der Waals surface area (Å²) in [5.41, 5.74) is 2.75. The molecule has 0 bridgehead atoms. The molecule has 0 radical (unpaired) electrons. The third kappa shape index (κ3) is 3.70. The van der Waals surface area contributed by atoms with E-state index in [4.69, 9.17) is 8.85 Å². The molecule has 0 heterocycles. The normalized spacial score (nSPS) is 10.6. The van der Waals surface area contributed by atoms with Gasteiger partial charge in [-0.1, -0.05) is 26.0 Å². The number of carbonyl (C=O) groups is 2. The van der Waals surface area contributed by atoms with Gasteiger partial charge in [-0.2, -0.15) is 0 Å². The van der Waals surface area contributed by atoms with Crippen molar-refractivity contribution in [2.24, 2.45) is 0 Å². The van der Waals surface area contributed by atoms with Crippen LogP contribution in [0.15, 0.2) is 18.2 Å². The SMILES string of the molecule is CCc1cccc(C(=O)O[SiH2]OC(C)=O)c1CC. The number of hydrogen-bond donors (Lipinski definition) is 0. The molecule has 0 aromatic heterocycles. The van der Waals surface area contributed by atoms with E-state index in [0.717, 1.165) is 24.0 Å². The first kappa shape index (κ1) is 14.4. The lowest BCUT2D eigenvalue weighted by Gasteiger charge is -2.12. The maximum Gasteiger partial charge on any atom is 0.432 e. The standard InChI is InChI=1S/C13H18O4Si/c1-4-10-7-6-8-12(11(10)5-2)13(15)17-18-16-9(3)14/h6-8H,4-5,18H2,1-3H3. The third-order valence-corrected chi connectivity index (χ3v) is 3.58. The Balaban J connectivity index is 2.81. The fourth-order valence-electron chi connectivity index (χ4n) is 1.82. The smallest absolute Gasteiger partial charge is 0.432 e. The molecule has 0 aliphatic carbocycles. The Hall–Kier alpha value is -1.62. The highest BCUT2D eigenvalue weighted by atomic mass is 28.3. The van der Waals surface area contributed by atoms with Gasteiger partial charge in [0.15, 0.2) is 0 Å². The zero-order valence-corrected chi connectivity index (χ0v) is 12.4. The number of benzene rings is 1. The van der Waals surface area contributed by atoms with E-state index in [0.29, 0.717) is 5.56 Å². The van der Waals surface area contributed by atoms with Crippen molar-refractivity contribution >= 4 is 21.9 Å². The van der Waals surface area contributed by atoms with Crippen molar-refractivity contribution < 1.29 is 18.4 Å². The van der Waals surface area contributed by atoms with E-state index in [9.17, 15) is 9.59 Å². The van der Waals surface area contributed by atoms with Crippen LogP contribution < -0.4 is 0 Å². The molecule has 0 N–H and O–H groups in total. The summed E-state index contributed by atoms with van der Waals surface area (Å²) in [6.45, 7) is 5.36. The minimum absolute atomic E-state index is 0.393. The van der Waals surface area contributed by atoms with E-state index in [1.54, 1.807) is 6.07 Å². The van der Waals surface area contributed by atoms with Gasteiger partial charge in [0.2, 0.25) is 0 Å². The quantitative estimate of drug-likeness (QED) is 0.758. The number of aryl methyl sites for hydroxylation is 1. The van der Waals surface area contributed by atoms with Crippen LogP contribution in [0.1, 0.15) is 42.3 Å². The molecule has 0 atom stereocenters. The molecule has 0 unspecified atom stereocenters. The molecule has 1 rings (SSSR count). The first-order valence-electron chi connectivity index (χ1n) is 6.01. The summed E-state index contributed by atoms with van der Waals surface area (Å²) in [7, 11) is -1.57. The minimum Gasteiger partial charge on any atom is -0.490 e. The minimum atomic E-state index is -1.57. The summed E-state index contributed by atoms with van der Waals surface area (Å²) in [4.78, 5) is 22.5. The van der Waals surface area contributed by atoms with Crippen LogP contribution in [0.5, 0.6) is 0 Å². The second-order valence-corrected chi connectivity index (χ2v) is 4.65. The van der Waals surface area contributed by atoms with Crippen molar-refractivity contribution in [3.05, 3.63) is 34.9 Å². The number of hydrogen-bond acceptors (Lipinski definition) is 4. The maximum absolute atomic E-state index is 11.9. The van der Waals surface area contributed by atoms with Gasteiger partial charge in [0, 0.05) is 6.92 Å². The molecule has 0 amide bonds. The van der Waals surface area contributed by atoms with E-state index in [1.807, 2.05) is 19.1 Å². The van der Waals surface area contributed by atoms with Gasteiger partial charge in [0.05, 0.1) is 5.56 Å². The summed E-state index contributed by atoms with van der Waals surface area (Å²) in [6.07, 6.45) is 1.66. The van der Waals surface area contributed by atoms with Crippen molar-refractivity contribution in [2.75, 3.05) is 0 Å². The van der Waals surface area contributed by atoms with Crippen LogP contribution in [-0.2, 0) is 26.5 Å². The Kier molecular flexibility index (Phi) is 5.58. The summed E-state index contributed by atoms with van der Waals surface area (Å²) < 4.78 is 9.76. The summed E-state index contributed by atoms with van der Waals surface area (Å²) in [6, 6.07) is 5.61. The Morgan fingerprint density at radius 3 is 2.44 bits per heavy atom. The van der Waals surface area contributed by atoms with Crippen LogP contribution in [-0.4, -0.2) is 21.9 Å². The van der Waals surface area contributed by atoms with Crippen molar-refractivity contribution in [2.45, 2.75) is 33.6 Å². The van der Waals surface area contributed by atoms with E-state index >= 15 is 0 Å². The van der Waals surface area contributed by atoms with Gasteiger partial charge in [-0.3, -0.25) is 4.79 Å². The first-order valence-corrected chi connectivity index (χ1v) is 7.16. The van der Waals surface area contributed by atoms with E-state index in [1.165, 1.54) is 6.92 Å². The Bertz CT molecular complexity index is 443. The summed E-state index contributed by atoms with van der Waals surface area (Å²) in [5.74, 6) is -0.803. The average Bonchev–Trinajstić information content (AvgIpc) is 2.36. The second-order valence-electron chi connectivity index (χ2n) is 3.84. The fourth-order valence-corrected chi connectivity index (χ4v) is 2.31. The fraction of sp³-hybridized carbons (Fsp3) is 0.385. The van der Waals surface area contributed by atoms with Gasteiger partial charge in [0.1, 0.15) is 0 Å². The van der Waals surface area contributed by atoms with Gasteiger partial charge in [-0.15, -0.1) is 0 Å². The lowest BCUT2D eigenvalue weighted by Crippen LogP contribution is -2.16. The highest BCUT2D eigenvalue weighted by Crippen LogP contribution is 2.17. The third-order valence-electron chi connectivity index (χ3n) is 2.68. The van der Waals surface area contributed by atoms with Crippen molar-refractivity contribution in [1.82, 2.24) is 0 Å². The Morgan fingerprint density at radius 1 is 1.17 bits per heavy atom. The maximum atomic E-state index is 11.9. The number of carbonyl (C=O) groups excluding carboxylic acids is 2. The highest BCUT2D eigenvalue weighted by molar-refractivity contribution is 6.27. The molecule has 0 fully saturated rings. The molecular weight excluding hydrogens is 248 g/mol. The molecular formula is C13H18O4Si. The second kappa shape index (κ2) is 6.96. The molecule has 18 heavy (non-hydrogen) atoms. The molecule has 98 valence electrons. The molecule has 0 aliphatic heterocycles. The highest BCUT2D eigenvalue weighted by Gasteiger charge is 2.14. The molecule has 4 nitrogen and oxygen atoms in total. The van der Waals surface area contributed by atoms with Crippen molar-refractivity contribution in [3.8, 4) is 0 Å². The lowest BCUT2D eigenvalue weighted by molar-refractivity contribution is -0.132.